The van der Waals surface area contributed by atoms with Gasteiger partial charge in [-0.1, -0.05) is 327 Å². The first-order valence-electron chi connectivity index (χ1n) is 33.6. The van der Waals surface area contributed by atoms with E-state index in [0.717, 1.165) is 64.2 Å². The molecule has 0 bridgehead atoms. The Labute approximate surface area is 462 Å². The first-order valence-corrected chi connectivity index (χ1v) is 33.6. The molecule has 438 valence electrons. The van der Waals surface area contributed by atoms with Crippen molar-refractivity contribution in [1.82, 2.24) is 5.32 Å². The lowest BCUT2D eigenvalue weighted by Crippen LogP contribution is -2.45. The maximum atomic E-state index is 12.5. The summed E-state index contributed by atoms with van der Waals surface area (Å²) in [5.74, 6) is -0.0793. The van der Waals surface area contributed by atoms with Crippen LogP contribution >= 0.6 is 0 Å². The van der Waals surface area contributed by atoms with Gasteiger partial charge in [0.1, 0.15) is 0 Å². The van der Waals surface area contributed by atoms with Crippen LogP contribution in [0.15, 0.2) is 24.3 Å². The molecule has 74 heavy (non-hydrogen) atoms. The van der Waals surface area contributed by atoms with Gasteiger partial charge >= 0.3 is 5.97 Å². The Kier molecular flexibility index (Phi) is 62.4. The molecule has 0 aliphatic carbocycles. The fourth-order valence-electron chi connectivity index (χ4n) is 10.6. The second kappa shape index (κ2) is 63.9. The first kappa shape index (κ1) is 72.3. The average molecular weight is 1040 g/mol. The average Bonchev–Trinajstić information content (AvgIpc) is 3.40. The van der Waals surface area contributed by atoms with E-state index < -0.39 is 12.1 Å². The zero-order chi connectivity index (χ0) is 53.6. The molecule has 0 aromatic heterocycles. The van der Waals surface area contributed by atoms with Gasteiger partial charge < -0.3 is 20.3 Å². The van der Waals surface area contributed by atoms with Gasteiger partial charge in [0.25, 0.3) is 0 Å². The molecule has 1 amide bonds. The van der Waals surface area contributed by atoms with Crippen LogP contribution in [-0.2, 0) is 14.3 Å². The third-order valence-electron chi connectivity index (χ3n) is 15.7. The largest absolute Gasteiger partial charge is 0.466 e. The lowest BCUT2D eigenvalue weighted by Gasteiger charge is -2.20. The van der Waals surface area contributed by atoms with Gasteiger partial charge in [-0.05, 0) is 57.8 Å². The van der Waals surface area contributed by atoms with Gasteiger partial charge in [-0.2, -0.15) is 0 Å². The van der Waals surface area contributed by atoms with Gasteiger partial charge in [0.05, 0.1) is 25.4 Å². The van der Waals surface area contributed by atoms with Crippen LogP contribution in [0.5, 0.6) is 0 Å². The topological polar surface area (TPSA) is 95.9 Å². The summed E-state index contributed by atoms with van der Waals surface area (Å²) in [6.07, 6.45) is 79.5. The van der Waals surface area contributed by atoms with Crippen LogP contribution in [0.4, 0.5) is 0 Å². The van der Waals surface area contributed by atoms with Gasteiger partial charge in [0, 0.05) is 12.8 Å². The molecule has 0 rings (SSSR count). The Morgan fingerprint density at radius 2 is 0.635 bits per heavy atom. The van der Waals surface area contributed by atoms with Crippen molar-refractivity contribution < 1.29 is 24.5 Å². The zero-order valence-electron chi connectivity index (χ0n) is 50.1. The first-order chi connectivity index (χ1) is 36.5. The van der Waals surface area contributed by atoms with E-state index in [-0.39, 0.29) is 18.5 Å². The summed E-state index contributed by atoms with van der Waals surface area (Å²) in [6.45, 7) is 4.92. The van der Waals surface area contributed by atoms with Crippen LogP contribution < -0.4 is 5.32 Å². The molecular formula is C68H131NO5. The summed E-state index contributed by atoms with van der Waals surface area (Å²) in [5, 5.41) is 23.2. The smallest absolute Gasteiger partial charge is 0.305 e. The summed E-state index contributed by atoms with van der Waals surface area (Å²) in [6, 6.07) is -0.641. The third-order valence-corrected chi connectivity index (χ3v) is 15.7. The number of hydrogen-bond acceptors (Lipinski definition) is 5. The molecule has 0 radical (unpaired) electrons. The number of allylic oxidation sites excluding steroid dienone is 3. The van der Waals surface area contributed by atoms with Gasteiger partial charge in [-0.15, -0.1) is 0 Å². The number of rotatable bonds is 63. The highest BCUT2D eigenvalue weighted by molar-refractivity contribution is 5.76. The molecule has 0 aromatic rings. The normalized spacial score (nSPS) is 12.6. The number of ether oxygens (including phenoxy) is 1. The molecule has 0 heterocycles. The van der Waals surface area contributed by atoms with Crippen molar-refractivity contribution in [2.75, 3.05) is 13.2 Å². The highest BCUT2D eigenvalue weighted by Gasteiger charge is 2.18. The molecule has 6 heteroatoms. The van der Waals surface area contributed by atoms with Crippen molar-refractivity contribution in [1.29, 1.82) is 0 Å². The molecule has 0 spiro atoms. The summed E-state index contributed by atoms with van der Waals surface area (Å²) in [4.78, 5) is 24.6. The van der Waals surface area contributed by atoms with E-state index >= 15 is 0 Å². The minimum absolute atomic E-state index is 0.00181. The Morgan fingerprint density at radius 3 is 0.959 bits per heavy atom. The number of amides is 1. The number of hydrogen-bond donors (Lipinski definition) is 3. The number of aliphatic hydroxyl groups is 2. The number of carbonyl (C=O) groups excluding carboxylic acids is 2. The Bertz CT molecular complexity index is 1150. The fraction of sp³-hybridized carbons (Fsp3) is 0.912. The summed E-state index contributed by atoms with van der Waals surface area (Å²) >= 11 is 0. The summed E-state index contributed by atoms with van der Waals surface area (Å²) in [7, 11) is 0. The fourth-order valence-corrected chi connectivity index (χ4v) is 10.6. The zero-order valence-corrected chi connectivity index (χ0v) is 50.1. The SMILES string of the molecule is CCCCCCCCCCCCCCCCCCCCCC/C=C/C(O)C(CO)NC(=O)CCCCCCC/C=C\CCCCCCCCCOC(=O)CCCCCCCCCCCCCCCCCCCCC. The van der Waals surface area contributed by atoms with Crippen LogP contribution in [0.1, 0.15) is 373 Å². The van der Waals surface area contributed by atoms with E-state index in [4.69, 9.17) is 4.74 Å². The predicted octanol–water partition coefficient (Wildman–Crippen LogP) is 21.4. The molecule has 0 fully saturated rings. The van der Waals surface area contributed by atoms with E-state index in [1.165, 1.54) is 283 Å². The molecule has 0 aliphatic heterocycles. The quantitative estimate of drug-likeness (QED) is 0.0320. The molecule has 2 atom stereocenters. The van der Waals surface area contributed by atoms with Crippen LogP contribution in [-0.4, -0.2) is 47.4 Å². The number of unbranched alkanes of at least 4 members (excludes halogenated alkanes) is 50. The number of esters is 1. The van der Waals surface area contributed by atoms with Crippen molar-refractivity contribution in [3.63, 3.8) is 0 Å². The Morgan fingerprint density at radius 1 is 0.365 bits per heavy atom. The van der Waals surface area contributed by atoms with Gasteiger partial charge in [0.2, 0.25) is 5.91 Å². The minimum atomic E-state index is -0.856. The van der Waals surface area contributed by atoms with Crippen LogP contribution in [0, 0.1) is 0 Å². The molecule has 0 aromatic carbocycles. The molecule has 0 saturated carbocycles. The lowest BCUT2D eigenvalue weighted by atomic mass is 10.0. The highest BCUT2D eigenvalue weighted by Crippen LogP contribution is 2.18. The molecule has 3 N–H and O–H groups in total. The standard InChI is InChI=1S/C68H131NO5/c1-3-5-7-9-11-13-15-17-19-21-23-24-25-27-28-32-36-40-44-48-52-56-60-66(71)65(64-70)69-67(72)61-57-53-49-45-41-37-33-30-31-35-39-43-47-51-55-59-63-74-68(73)62-58-54-50-46-42-38-34-29-26-22-20-18-16-14-12-10-8-6-4-2/h30,33,56,60,65-66,70-71H,3-29,31-32,34-55,57-59,61-64H2,1-2H3,(H,69,72)/b33-30-,60-56+. The van der Waals surface area contributed by atoms with Gasteiger partial charge in [-0.3, -0.25) is 9.59 Å². The lowest BCUT2D eigenvalue weighted by molar-refractivity contribution is -0.143. The number of aliphatic hydroxyl groups excluding tert-OH is 2. The Hall–Kier alpha value is -1.66. The van der Waals surface area contributed by atoms with Gasteiger partial charge in [-0.25, -0.2) is 0 Å². The van der Waals surface area contributed by atoms with E-state index in [1.807, 2.05) is 6.08 Å². The minimum Gasteiger partial charge on any atom is -0.466 e. The molecule has 0 saturated heterocycles. The second-order valence-corrected chi connectivity index (χ2v) is 23.2. The van der Waals surface area contributed by atoms with Crippen molar-refractivity contribution in [3.8, 4) is 0 Å². The van der Waals surface area contributed by atoms with E-state index in [0.29, 0.717) is 19.4 Å². The molecule has 0 aliphatic rings. The monoisotopic (exact) mass is 1040 g/mol. The summed E-state index contributed by atoms with van der Waals surface area (Å²) in [5.41, 5.74) is 0. The van der Waals surface area contributed by atoms with Gasteiger partial charge in [0.15, 0.2) is 0 Å². The predicted molar refractivity (Wildman–Crippen MR) is 324 cm³/mol. The number of nitrogens with one attached hydrogen (secondary N) is 1. The third kappa shape index (κ3) is 59.6. The van der Waals surface area contributed by atoms with Crippen molar-refractivity contribution in [2.24, 2.45) is 0 Å². The van der Waals surface area contributed by atoms with Crippen LogP contribution in [0.3, 0.4) is 0 Å². The highest BCUT2D eigenvalue weighted by atomic mass is 16.5. The molecule has 2 unspecified atom stereocenters. The molecule has 6 nitrogen and oxygen atoms in total. The second-order valence-electron chi connectivity index (χ2n) is 23.2. The summed E-state index contributed by atoms with van der Waals surface area (Å²) < 4.78 is 5.50. The van der Waals surface area contributed by atoms with Crippen LogP contribution in [0.2, 0.25) is 0 Å². The van der Waals surface area contributed by atoms with E-state index in [9.17, 15) is 19.8 Å². The number of carbonyl (C=O) groups is 2. The van der Waals surface area contributed by atoms with E-state index in [2.05, 4.69) is 31.3 Å². The van der Waals surface area contributed by atoms with E-state index in [1.54, 1.807) is 6.08 Å². The Balaban J connectivity index is 3.46. The van der Waals surface area contributed by atoms with Crippen molar-refractivity contribution in [3.05, 3.63) is 24.3 Å². The molecular weight excluding hydrogens is 911 g/mol. The maximum absolute atomic E-state index is 12.5. The van der Waals surface area contributed by atoms with Crippen LogP contribution in [0.25, 0.3) is 0 Å². The van der Waals surface area contributed by atoms with Crippen molar-refractivity contribution >= 4 is 11.9 Å². The van der Waals surface area contributed by atoms with Crippen molar-refractivity contribution in [2.45, 2.75) is 386 Å². The maximum Gasteiger partial charge on any atom is 0.305 e.